The molecule has 0 saturated heterocycles. The number of rotatable bonds is 1. The van der Waals surface area contributed by atoms with Crippen LogP contribution in [0.5, 0.6) is 0 Å². The molecular formula is C9H9N5OS. The highest BCUT2D eigenvalue weighted by molar-refractivity contribution is 7.80. The van der Waals surface area contributed by atoms with Gasteiger partial charge in [-0.2, -0.15) is 0 Å². The van der Waals surface area contributed by atoms with E-state index in [0.29, 0.717) is 5.65 Å². The monoisotopic (exact) mass is 235 g/mol. The second-order valence-corrected chi connectivity index (χ2v) is 3.48. The van der Waals surface area contributed by atoms with Crippen molar-refractivity contribution in [1.82, 2.24) is 20.2 Å². The first kappa shape index (κ1) is 10.4. The molecule has 0 radical (unpaired) electrons. The van der Waals surface area contributed by atoms with Crippen LogP contribution in [0.3, 0.4) is 0 Å². The number of pyridine rings is 1. The van der Waals surface area contributed by atoms with Crippen molar-refractivity contribution >= 4 is 28.9 Å². The van der Waals surface area contributed by atoms with Crippen LogP contribution < -0.4 is 16.6 Å². The van der Waals surface area contributed by atoms with Gasteiger partial charge in [0, 0.05) is 12.4 Å². The van der Waals surface area contributed by atoms with Crippen molar-refractivity contribution in [2.24, 2.45) is 5.73 Å². The second-order valence-electron chi connectivity index (χ2n) is 3.04. The van der Waals surface area contributed by atoms with Crippen molar-refractivity contribution in [3.05, 3.63) is 36.3 Å². The van der Waals surface area contributed by atoms with Crippen LogP contribution in [0.15, 0.2) is 30.6 Å². The third kappa shape index (κ3) is 2.09. The number of fused-ring (bicyclic) bond motifs is 1. The summed E-state index contributed by atoms with van der Waals surface area (Å²) in [7, 11) is 0. The fourth-order valence-electron chi connectivity index (χ4n) is 1.23. The minimum atomic E-state index is -0.392. The zero-order valence-corrected chi connectivity index (χ0v) is 8.99. The number of nitrogens with zero attached hydrogens (tertiary/aromatic N) is 2. The van der Waals surface area contributed by atoms with E-state index in [2.05, 4.69) is 28.1 Å². The molecule has 0 aromatic carbocycles. The molecule has 0 bridgehead atoms. The fourth-order valence-corrected chi connectivity index (χ4v) is 1.28. The Hall–Kier alpha value is -2.15. The first-order valence-corrected chi connectivity index (χ1v) is 4.87. The number of hydrazine groups is 1. The van der Waals surface area contributed by atoms with Crippen LogP contribution >= 0.6 is 12.2 Å². The Morgan fingerprint density at radius 1 is 1.44 bits per heavy atom. The summed E-state index contributed by atoms with van der Waals surface area (Å²) in [5.41, 5.74) is 10.8. The number of aromatic nitrogens is 2. The summed E-state index contributed by atoms with van der Waals surface area (Å²) in [6.45, 7) is 0. The van der Waals surface area contributed by atoms with Crippen LogP contribution in [0, 0.1) is 0 Å². The Balaban J connectivity index is 2.20. The molecule has 0 aliphatic heterocycles. The maximum atomic E-state index is 11.6. The van der Waals surface area contributed by atoms with Gasteiger partial charge in [-0.25, -0.2) is 4.98 Å². The van der Waals surface area contributed by atoms with Crippen LogP contribution in [0.4, 0.5) is 0 Å². The smallest absolute Gasteiger partial charge is 0.289 e. The van der Waals surface area contributed by atoms with Gasteiger partial charge in [0.25, 0.3) is 5.91 Å². The Kier molecular flexibility index (Phi) is 2.69. The van der Waals surface area contributed by atoms with Crippen LogP contribution in [0.25, 0.3) is 5.65 Å². The van der Waals surface area contributed by atoms with Gasteiger partial charge in [0.05, 0.1) is 0 Å². The molecule has 0 atom stereocenters. The molecule has 0 unspecified atom stereocenters. The number of hydrogen-bond donors (Lipinski definition) is 3. The predicted octanol–water partition coefficient (Wildman–Crippen LogP) is -0.188. The lowest BCUT2D eigenvalue weighted by Gasteiger charge is -2.02. The van der Waals surface area contributed by atoms with Crippen molar-refractivity contribution < 1.29 is 4.79 Å². The lowest BCUT2D eigenvalue weighted by atomic mass is 10.5. The number of hydrogen-bond acceptors (Lipinski definition) is 3. The number of amides is 1. The zero-order valence-electron chi connectivity index (χ0n) is 8.18. The maximum Gasteiger partial charge on any atom is 0.289 e. The molecule has 2 aromatic rings. The Labute approximate surface area is 96.4 Å². The molecule has 82 valence electrons. The summed E-state index contributed by atoms with van der Waals surface area (Å²) in [5, 5.41) is -0.00267. The molecule has 2 heterocycles. The van der Waals surface area contributed by atoms with Gasteiger partial charge in [-0.1, -0.05) is 6.07 Å². The third-order valence-corrected chi connectivity index (χ3v) is 2.00. The zero-order chi connectivity index (χ0) is 11.5. The Morgan fingerprint density at radius 3 is 2.94 bits per heavy atom. The van der Waals surface area contributed by atoms with Crippen LogP contribution in [0.2, 0.25) is 0 Å². The maximum absolute atomic E-state index is 11.6. The van der Waals surface area contributed by atoms with E-state index in [1.807, 2.05) is 12.1 Å². The molecule has 0 spiro atoms. The molecule has 1 amide bonds. The van der Waals surface area contributed by atoms with E-state index in [4.69, 9.17) is 5.73 Å². The highest BCUT2D eigenvalue weighted by atomic mass is 32.1. The summed E-state index contributed by atoms with van der Waals surface area (Å²) in [6.07, 6.45) is 3.42. The molecule has 0 fully saturated rings. The summed E-state index contributed by atoms with van der Waals surface area (Å²) < 4.78 is 1.75. The minimum Gasteiger partial charge on any atom is -0.375 e. The van der Waals surface area contributed by atoms with Crippen molar-refractivity contribution in [1.29, 1.82) is 0 Å². The lowest BCUT2D eigenvalue weighted by Crippen LogP contribution is -2.44. The van der Waals surface area contributed by atoms with Gasteiger partial charge in [0.1, 0.15) is 11.3 Å². The Morgan fingerprint density at radius 2 is 2.25 bits per heavy atom. The van der Waals surface area contributed by atoms with Gasteiger partial charge in [-0.3, -0.25) is 15.6 Å². The molecule has 4 N–H and O–H groups in total. The first-order chi connectivity index (χ1) is 7.66. The normalized spacial score (nSPS) is 10.0. The highest BCUT2D eigenvalue weighted by Crippen LogP contribution is 2.03. The highest BCUT2D eigenvalue weighted by Gasteiger charge is 2.09. The number of carbonyl (C=O) groups excluding carboxylic acids is 1. The molecular weight excluding hydrogens is 226 g/mol. The average molecular weight is 235 g/mol. The summed E-state index contributed by atoms with van der Waals surface area (Å²) in [6, 6.07) is 5.50. The van der Waals surface area contributed by atoms with E-state index < -0.39 is 5.91 Å². The van der Waals surface area contributed by atoms with Gasteiger partial charge in [0.2, 0.25) is 0 Å². The van der Waals surface area contributed by atoms with Crippen LogP contribution in [-0.4, -0.2) is 20.4 Å². The lowest BCUT2D eigenvalue weighted by molar-refractivity contribution is 0.0939. The molecule has 0 aliphatic rings. The summed E-state index contributed by atoms with van der Waals surface area (Å²) in [5.74, 6) is -0.392. The molecule has 2 aromatic heterocycles. The third-order valence-electron chi connectivity index (χ3n) is 1.90. The van der Waals surface area contributed by atoms with Crippen LogP contribution in [-0.2, 0) is 0 Å². The van der Waals surface area contributed by atoms with E-state index in [0.717, 1.165) is 0 Å². The second kappa shape index (κ2) is 4.15. The van der Waals surface area contributed by atoms with Gasteiger partial charge in [0.15, 0.2) is 5.11 Å². The summed E-state index contributed by atoms with van der Waals surface area (Å²) in [4.78, 5) is 15.7. The van der Waals surface area contributed by atoms with Gasteiger partial charge >= 0.3 is 0 Å². The fraction of sp³-hybridized carbons (Fsp3) is 0. The minimum absolute atomic E-state index is 0.00267. The SMILES string of the molecule is NC(=S)NNC(=O)c1cn2ccccc2n1. The molecule has 0 aliphatic carbocycles. The predicted molar refractivity (Wildman–Crippen MR) is 62.6 cm³/mol. The Bertz CT molecular complexity index is 517. The van der Waals surface area contributed by atoms with E-state index >= 15 is 0 Å². The largest absolute Gasteiger partial charge is 0.375 e. The van der Waals surface area contributed by atoms with E-state index in [9.17, 15) is 4.79 Å². The van der Waals surface area contributed by atoms with E-state index in [-0.39, 0.29) is 10.8 Å². The van der Waals surface area contributed by atoms with Crippen molar-refractivity contribution in [3.63, 3.8) is 0 Å². The van der Waals surface area contributed by atoms with Crippen molar-refractivity contribution in [2.75, 3.05) is 0 Å². The van der Waals surface area contributed by atoms with Gasteiger partial charge in [-0.05, 0) is 24.4 Å². The average Bonchev–Trinajstić information content (AvgIpc) is 2.69. The first-order valence-electron chi connectivity index (χ1n) is 4.46. The van der Waals surface area contributed by atoms with Crippen molar-refractivity contribution in [2.45, 2.75) is 0 Å². The molecule has 16 heavy (non-hydrogen) atoms. The standard InChI is InChI=1S/C9H9N5OS/c10-9(16)13-12-8(15)6-5-14-4-2-1-3-7(14)11-6/h1-5H,(H,12,15)(H3,10,13,16). The number of nitrogens with one attached hydrogen (secondary N) is 2. The van der Waals surface area contributed by atoms with E-state index in [1.54, 1.807) is 22.9 Å². The number of carbonyl (C=O) groups is 1. The van der Waals surface area contributed by atoms with Gasteiger partial charge in [-0.15, -0.1) is 0 Å². The van der Waals surface area contributed by atoms with Crippen molar-refractivity contribution in [3.8, 4) is 0 Å². The number of thiocarbonyl (C=S) groups is 1. The molecule has 2 rings (SSSR count). The van der Waals surface area contributed by atoms with E-state index in [1.165, 1.54) is 0 Å². The summed E-state index contributed by atoms with van der Waals surface area (Å²) >= 11 is 4.55. The molecule has 7 heteroatoms. The topological polar surface area (TPSA) is 84.5 Å². The molecule has 6 nitrogen and oxygen atoms in total. The number of imidazole rings is 1. The molecule has 0 saturated carbocycles. The number of nitrogens with two attached hydrogens (primary N) is 1. The van der Waals surface area contributed by atoms with Gasteiger partial charge < -0.3 is 10.1 Å². The van der Waals surface area contributed by atoms with Crippen LogP contribution in [0.1, 0.15) is 10.5 Å². The quantitative estimate of drug-likeness (QED) is 0.471.